The molecule has 4 rings (SSSR count). The highest BCUT2D eigenvalue weighted by atomic mass is 32.2. The molecule has 1 atom stereocenters. The molecule has 176 valence electrons. The van der Waals surface area contributed by atoms with Crippen molar-refractivity contribution >= 4 is 27.5 Å². The normalized spacial score (nSPS) is 20.6. The number of carbonyl (C=O) groups excluding carboxylic acids is 2. The minimum Gasteiger partial charge on any atom is -0.495 e. The number of hydrogen-bond donors (Lipinski definition) is 0. The lowest BCUT2D eigenvalue weighted by molar-refractivity contribution is -0.131. The number of rotatable bonds is 5. The molecular weight excluding hydrogens is 449 g/mol. The van der Waals surface area contributed by atoms with E-state index in [0.717, 1.165) is 0 Å². The SMILES string of the molecule is COc1ccccc1N1CCN(CC(=O)N2CCC(c3ccccc3F)S(=O)(=O)CC2)C1=O. The Hall–Kier alpha value is -3.14. The van der Waals surface area contributed by atoms with Crippen molar-refractivity contribution in [3.8, 4) is 5.75 Å². The minimum atomic E-state index is -3.63. The van der Waals surface area contributed by atoms with E-state index in [1.165, 1.54) is 35.1 Å². The van der Waals surface area contributed by atoms with Gasteiger partial charge in [-0.1, -0.05) is 30.3 Å². The maximum atomic E-state index is 14.2. The zero-order valence-electron chi connectivity index (χ0n) is 18.3. The molecule has 0 saturated carbocycles. The summed E-state index contributed by atoms with van der Waals surface area (Å²) in [4.78, 5) is 30.4. The Balaban J connectivity index is 1.43. The van der Waals surface area contributed by atoms with E-state index in [1.54, 1.807) is 23.1 Å². The van der Waals surface area contributed by atoms with Crippen molar-refractivity contribution in [2.75, 3.05) is 50.5 Å². The molecule has 0 radical (unpaired) electrons. The van der Waals surface area contributed by atoms with E-state index in [9.17, 15) is 22.4 Å². The maximum absolute atomic E-state index is 14.2. The van der Waals surface area contributed by atoms with Gasteiger partial charge in [-0.25, -0.2) is 17.6 Å². The van der Waals surface area contributed by atoms with E-state index in [4.69, 9.17) is 4.74 Å². The lowest BCUT2D eigenvalue weighted by Gasteiger charge is -2.24. The van der Waals surface area contributed by atoms with Crippen molar-refractivity contribution in [3.63, 3.8) is 0 Å². The average molecular weight is 476 g/mol. The van der Waals surface area contributed by atoms with Crippen molar-refractivity contribution in [2.45, 2.75) is 11.7 Å². The van der Waals surface area contributed by atoms with Crippen LogP contribution in [0.4, 0.5) is 14.9 Å². The second-order valence-electron chi connectivity index (χ2n) is 8.07. The highest BCUT2D eigenvalue weighted by Gasteiger charge is 2.36. The predicted molar refractivity (Wildman–Crippen MR) is 121 cm³/mol. The van der Waals surface area contributed by atoms with E-state index >= 15 is 0 Å². The Morgan fingerprint density at radius 1 is 1.06 bits per heavy atom. The van der Waals surface area contributed by atoms with Gasteiger partial charge < -0.3 is 14.5 Å². The van der Waals surface area contributed by atoms with E-state index < -0.39 is 20.9 Å². The van der Waals surface area contributed by atoms with Crippen LogP contribution < -0.4 is 9.64 Å². The van der Waals surface area contributed by atoms with Gasteiger partial charge in [-0.3, -0.25) is 9.69 Å². The molecule has 2 aromatic rings. The molecular formula is C23H26FN3O5S. The second-order valence-corrected chi connectivity index (χ2v) is 10.4. The molecule has 2 aliphatic rings. The Labute approximate surface area is 192 Å². The van der Waals surface area contributed by atoms with Crippen molar-refractivity contribution in [2.24, 2.45) is 0 Å². The third-order valence-corrected chi connectivity index (χ3v) is 8.25. The molecule has 0 aromatic heterocycles. The van der Waals surface area contributed by atoms with Crippen LogP contribution in [-0.2, 0) is 14.6 Å². The van der Waals surface area contributed by atoms with Crippen LogP contribution in [0, 0.1) is 5.82 Å². The smallest absolute Gasteiger partial charge is 0.325 e. The zero-order valence-corrected chi connectivity index (χ0v) is 19.1. The molecule has 1 unspecified atom stereocenters. The first-order valence-corrected chi connectivity index (χ1v) is 12.5. The van der Waals surface area contributed by atoms with E-state index in [1.807, 2.05) is 12.1 Å². The molecule has 10 heteroatoms. The van der Waals surface area contributed by atoms with Gasteiger partial charge >= 0.3 is 6.03 Å². The number of sulfone groups is 1. The summed E-state index contributed by atoms with van der Waals surface area (Å²) in [6.45, 7) is 0.831. The van der Waals surface area contributed by atoms with E-state index in [-0.39, 0.29) is 49.3 Å². The fourth-order valence-corrected chi connectivity index (χ4v) is 6.15. The Morgan fingerprint density at radius 2 is 1.79 bits per heavy atom. The lowest BCUT2D eigenvalue weighted by atomic mass is 10.1. The number of halogens is 1. The summed E-state index contributed by atoms with van der Waals surface area (Å²) in [5.74, 6) is -0.575. The van der Waals surface area contributed by atoms with Gasteiger partial charge in [0.25, 0.3) is 0 Å². The first-order valence-electron chi connectivity index (χ1n) is 10.7. The first-order chi connectivity index (χ1) is 15.8. The monoisotopic (exact) mass is 475 g/mol. The molecule has 2 fully saturated rings. The van der Waals surface area contributed by atoms with Crippen LogP contribution in [0.3, 0.4) is 0 Å². The maximum Gasteiger partial charge on any atom is 0.325 e. The summed E-state index contributed by atoms with van der Waals surface area (Å²) < 4.78 is 45.2. The molecule has 0 N–H and O–H groups in total. The Morgan fingerprint density at radius 3 is 2.55 bits per heavy atom. The first kappa shape index (κ1) is 23.0. The Bertz CT molecular complexity index is 1160. The van der Waals surface area contributed by atoms with Gasteiger partial charge in [-0.2, -0.15) is 0 Å². The van der Waals surface area contributed by atoms with Crippen LogP contribution in [0.15, 0.2) is 48.5 Å². The zero-order chi connectivity index (χ0) is 23.6. The number of amides is 3. The van der Waals surface area contributed by atoms with Crippen LogP contribution in [0.2, 0.25) is 0 Å². The molecule has 2 heterocycles. The summed E-state index contributed by atoms with van der Waals surface area (Å²) in [6.07, 6.45) is 0.107. The number of carbonyl (C=O) groups is 2. The van der Waals surface area contributed by atoms with Gasteiger partial charge in [0.1, 0.15) is 18.1 Å². The molecule has 0 aliphatic carbocycles. The van der Waals surface area contributed by atoms with Gasteiger partial charge in [-0.15, -0.1) is 0 Å². The quantitative estimate of drug-likeness (QED) is 0.663. The fraction of sp³-hybridized carbons (Fsp3) is 0.391. The molecule has 0 bridgehead atoms. The summed E-state index contributed by atoms with van der Waals surface area (Å²) in [7, 11) is -2.10. The number of ether oxygens (including phenoxy) is 1. The van der Waals surface area contributed by atoms with Crippen LogP contribution in [-0.4, -0.2) is 75.7 Å². The molecule has 8 nitrogen and oxygen atoms in total. The highest BCUT2D eigenvalue weighted by Crippen LogP contribution is 2.32. The molecule has 2 aromatic carbocycles. The number of methoxy groups -OCH3 is 1. The van der Waals surface area contributed by atoms with Crippen LogP contribution in [0.5, 0.6) is 5.75 Å². The number of hydrogen-bond acceptors (Lipinski definition) is 5. The van der Waals surface area contributed by atoms with Gasteiger partial charge in [-0.05, 0) is 24.6 Å². The van der Waals surface area contributed by atoms with E-state index in [2.05, 4.69) is 0 Å². The molecule has 3 amide bonds. The number of benzene rings is 2. The molecule has 2 aliphatic heterocycles. The second kappa shape index (κ2) is 9.38. The number of nitrogens with zero attached hydrogens (tertiary/aromatic N) is 3. The Kier molecular flexibility index (Phi) is 6.55. The predicted octanol–water partition coefficient (Wildman–Crippen LogP) is 2.46. The van der Waals surface area contributed by atoms with Gasteiger partial charge in [0, 0.05) is 31.7 Å². The van der Waals surface area contributed by atoms with Crippen molar-refractivity contribution in [1.82, 2.24) is 9.80 Å². The minimum absolute atomic E-state index is 0.0182. The van der Waals surface area contributed by atoms with Crippen LogP contribution >= 0.6 is 0 Å². The van der Waals surface area contributed by atoms with Crippen LogP contribution in [0.25, 0.3) is 0 Å². The largest absolute Gasteiger partial charge is 0.495 e. The van der Waals surface area contributed by atoms with Crippen LogP contribution in [0.1, 0.15) is 17.2 Å². The highest BCUT2D eigenvalue weighted by molar-refractivity contribution is 7.91. The van der Waals surface area contributed by atoms with Crippen molar-refractivity contribution in [1.29, 1.82) is 0 Å². The fourth-order valence-electron chi connectivity index (χ4n) is 4.35. The summed E-state index contributed by atoms with van der Waals surface area (Å²) in [5, 5.41) is -0.994. The van der Waals surface area contributed by atoms with Gasteiger partial charge in [0.05, 0.1) is 23.8 Å². The number of urea groups is 1. The molecule has 2 saturated heterocycles. The summed E-state index contributed by atoms with van der Waals surface area (Å²) in [6, 6.07) is 12.7. The topological polar surface area (TPSA) is 87.2 Å². The standard InChI is InChI=1S/C23H26FN3O5S/c1-32-20-9-5-4-8-19(20)27-13-12-26(23(27)29)16-22(28)25-11-10-21(33(30,31)15-14-25)17-6-2-3-7-18(17)24/h2-9,21H,10-16H2,1H3. The van der Waals surface area contributed by atoms with E-state index in [0.29, 0.717) is 24.5 Å². The van der Waals surface area contributed by atoms with Crippen molar-refractivity contribution < 1.29 is 27.1 Å². The van der Waals surface area contributed by atoms with Crippen molar-refractivity contribution in [3.05, 3.63) is 59.9 Å². The molecule has 0 spiro atoms. The number of para-hydroxylation sites is 2. The third-order valence-electron chi connectivity index (χ3n) is 6.14. The molecule has 33 heavy (non-hydrogen) atoms. The average Bonchev–Trinajstić information content (AvgIpc) is 3.07. The summed E-state index contributed by atoms with van der Waals surface area (Å²) >= 11 is 0. The summed E-state index contributed by atoms with van der Waals surface area (Å²) in [5.41, 5.74) is 0.766. The van der Waals surface area contributed by atoms with Gasteiger partial charge in [0.15, 0.2) is 9.84 Å². The number of anilines is 1. The van der Waals surface area contributed by atoms with Gasteiger partial charge in [0.2, 0.25) is 5.91 Å². The lowest BCUT2D eigenvalue weighted by Crippen LogP contribution is -2.43. The third kappa shape index (κ3) is 4.66.